The number of benzene rings is 2. The summed E-state index contributed by atoms with van der Waals surface area (Å²) in [6, 6.07) is 12.3. The van der Waals surface area contributed by atoms with Crippen molar-refractivity contribution in [2.45, 2.75) is 96.8 Å². The molecule has 1 saturated heterocycles. The number of aliphatic hydroxyl groups is 2. The zero-order valence-electron chi connectivity index (χ0n) is 25.2. The highest BCUT2D eigenvalue weighted by molar-refractivity contribution is 6.31. The Morgan fingerprint density at radius 2 is 1.74 bits per heavy atom. The SMILES string of the molecule is CC(C)(C)OC(=O)N1CCc2c([nH]c3ccc(Cl)cc23)C1c1ccc(OC(O)C2CCCN2C(O)OC(C)(C)C)cc1. The summed E-state index contributed by atoms with van der Waals surface area (Å²) in [5.41, 5.74) is 2.72. The first-order valence-electron chi connectivity index (χ1n) is 14.6. The molecule has 1 aromatic heterocycles. The molecule has 228 valence electrons. The summed E-state index contributed by atoms with van der Waals surface area (Å²) >= 11 is 6.33. The van der Waals surface area contributed by atoms with Crippen molar-refractivity contribution in [3.05, 3.63) is 64.3 Å². The van der Waals surface area contributed by atoms with Crippen molar-refractivity contribution in [1.29, 1.82) is 0 Å². The Kier molecular flexibility index (Phi) is 8.53. The number of carbonyl (C=O) groups excluding carboxylic acids is 1. The molecule has 0 aliphatic carbocycles. The number of rotatable bonds is 6. The summed E-state index contributed by atoms with van der Waals surface area (Å²) < 4.78 is 17.4. The van der Waals surface area contributed by atoms with Crippen LogP contribution in [0.4, 0.5) is 4.79 Å². The van der Waals surface area contributed by atoms with Crippen molar-refractivity contribution in [1.82, 2.24) is 14.8 Å². The summed E-state index contributed by atoms with van der Waals surface area (Å²) in [6.07, 6.45) is -0.527. The van der Waals surface area contributed by atoms with Crippen molar-refractivity contribution < 1.29 is 29.2 Å². The van der Waals surface area contributed by atoms with Gasteiger partial charge in [-0.3, -0.25) is 4.90 Å². The zero-order chi connectivity index (χ0) is 30.4. The molecule has 3 aromatic rings. The van der Waals surface area contributed by atoms with Crippen LogP contribution in [-0.2, 0) is 15.9 Å². The normalized spacial score (nSPS) is 21.3. The van der Waals surface area contributed by atoms with Gasteiger partial charge in [0.2, 0.25) is 12.7 Å². The lowest BCUT2D eigenvalue weighted by molar-refractivity contribution is -0.255. The number of nitrogens with one attached hydrogen (secondary N) is 1. The Bertz CT molecular complexity index is 1410. The molecule has 0 saturated carbocycles. The first-order chi connectivity index (χ1) is 19.7. The van der Waals surface area contributed by atoms with Crippen LogP contribution < -0.4 is 4.74 Å². The molecule has 4 atom stereocenters. The number of carbonyl (C=O) groups is 1. The van der Waals surface area contributed by atoms with Gasteiger partial charge >= 0.3 is 6.09 Å². The van der Waals surface area contributed by atoms with Gasteiger partial charge in [-0.1, -0.05) is 23.7 Å². The fourth-order valence-electron chi connectivity index (χ4n) is 5.85. The number of aliphatic hydroxyl groups excluding tert-OH is 2. The van der Waals surface area contributed by atoms with Crippen molar-refractivity contribution in [3.63, 3.8) is 0 Å². The van der Waals surface area contributed by atoms with Gasteiger partial charge in [0, 0.05) is 34.7 Å². The quantitative estimate of drug-likeness (QED) is 0.300. The molecule has 10 heteroatoms. The van der Waals surface area contributed by atoms with Crippen LogP contribution in [0, 0.1) is 0 Å². The highest BCUT2D eigenvalue weighted by Gasteiger charge is 2.39. The van der Waals surface area contributed by atoms with E-state index in [1.165, 1.54) is 0 Å². The second kappa shape index (κ2) is 11.7. The third-order valence-corrected chi connectivity index (χ3v) is 7.82. The first-order valence-corrected chi connectivity index (χ1v) is 14.9. The molecule has 0 bridgehead atoms. The molecular weight excluding hydrogens is 558 g/mol. The number of H-pyrrole nitrogens is 1. The van der Waals surface area contributed by atoms with Crippen LogP contribution in [0.1, 0.15) is 77.2 Å². The van der Waals surface area contributed by atoms with E-state index in [0.29, 0.717) is 36.7 Å². The predicted octanol–water partition coefficient (Wildman–Crippen LogP) is 5.96. The van der Waals surface area contributed by atoms with Crippen molar-refractivity contribution in [2.24, 2.45) is 0 Å². The smallest absolute Gasteiger partial charge is 0.411 e. The molecule has 1 amide bonds. The van der Waals surface area contributed by atoms with E-state index in [9.17, 15) is 15.0 Å². The Hall–Kier alpha value is -2.82. The van der Waals surface area contributed by atoms with E-state index < -0.39 is 36.0 Å². The molecule has 1 fully saturated rings. The number of likely N-dealkylation sites (tertiary alicyclic amines) is 1. The fraction of sp³-hybridized carbons (Fsp3) is 0.531. The van der Waals surface area contributed by atoms with E-state index in [2.05, 4.69) is 4.98 Å². The molecule has 4 unspecified atom stereocenters. The van der Waals surface area contributed by atoms with Crippen molar-refractivity contribution in [2.75, 3.05) is 13.1 Å². The van der Waals surface area contributed by atoms with Gasteiger partial charge in [-0.25, -0.2) is 9.69 Å². The maximum Gasteiger partial charge on any atom is 0.411 e. The minimum absolute atomic E-state index is 0.386. The van der Waals surface area contributed by atoms with Crippen LogP contribution in [-0.4, -0.2) is 74.1 Å². The third kappa shape index (κ3) is 6.71. The Balaban J connectivity index is 1.40. The van der Waals surface area contributed by atoms with Gasteiger partial charge in [-0.2, -0.15) is 0 Å². The van der Waals surface area contributed by atoms with Gasteiger partial charge in [0.15, 0.2) is 0 Å². The summed E-state index contributed by atoms with van der Waals surface area (Å²) in [5.74, 6) is 0.479. The molecule has 42 heavy (non-hydrogen) atoms. The van der Waals surface area contributed by atoms with Gasteiger partial charge in [0.1, 0.15) is 17.4 Å². The van der Waals surface area contributed by atoms with Crippen LogP contribution >= 0.6 is 11.6 Å². The lowest BCUT2D eigenvalue weighted by atomic mass is 9.92. The van der Waals surface area contributed by atoms with Crippen molar-refractivity contribution in [3.8, 4) is 5.75 Å². The molecule has 2 aliphatic rings. The van der Waals surface area contributed by atoms with Gasteiger partial charge in [-0.15, -0.1) is 0 Å². The fourth-order valence-corrected chi connectivity index (χ4v) is 6.02. The average Bonchev–Trinajstić information content (AvgIpc) is 3.52. The maximum atomic E-state index is 13.4. The minimum atomic E-state index is -1.16. The van der Waals surface area contributed by atoms with Crippen LogP contribution in [0.3, 0.4) is 0 Å². The van der Waals surface area contributed by atoms with Gasteiger partial charge in [-0.05, 0) is 102 Å². The summed E-state index contributed by atoms with van der Waals surface area (Å²) in [6.45, 7) is 12.3. The van der Waals surface area contributed by atoms with E-state index >= 15 is 0 Å². The molecule has 0 spiro atoms. The second-order valence-corrected chi connectivity index (χ2v) is 13.6. The molecule has 0 radical (unpaired) electrons. The van der Waals surface area contributed by atoms with Crippen molar-refractivity contribution >= 4 is 28.6 Å². The number of aromatic nitrogens is 1. The highest BCUT2D eigenvalue weighted by atomic mass is 35.5. The number of nitrogens with zero attached hydrogens (tertiary/aromatic N) is 2. The number of aromatic amines is 1. The molecule has 2 aliphatic heterocycles. The number of hydrogen-bond donors (Lipinski definition) is 3. The average molecular weight is 600 g/mol. The predicted molar refractivity (Wildman–Crippen MR) is 161 cm³/mol. The Labute approximate surface area is 252 Å². The van der Waals surface area contributed by atoms with Crippen LogP contribution in [0.2, 0.25) is 5.02 Å². The van der Waals surface area contributed by atoms with E-state index in [1.54, 1.807) is 21.9 Å². The number of hydrogen-bond acceptors (Lipinski definition) is 7. The van der Waals surface area contributed by atoms with Gasteiger partial charge in [0.05, 0.1) is 11.6 Å². The number of halogens is 1. The van der Waals surface area contributed by atoms with Crippen LogP contribution in [0.25, 0.3) is 10.9 Å². The van der Waals surface area contributed by atoms with E-state index in [1.807, 2.05) is 71.9 Å². The minimum Gasteiger partial charge on any atom is -0.463 e. The Morgan fingerprint density at radius 3 is 2.40 bits per heavy atom. The Morgan fingerprint density at radius 1 is 1.02 bits per heavy atom. The highest BCUT2D eigenvalue weighted by Crippen LogP contribution is 2.40. The monoisotopic (exact) mass is 599 g/mol. The molecule has 9 nitrogen and oxygen atoms in total. The largest absolute Gasteiger partial charge is 0.463 e. The number of ether oxygens (including phenoxy) is 3. The summed E-state index contributed by atoms with van der Waals surface area (Å²) in [5, 5.41) is 23.3. The lowest BCUT2D eigenvalue weighted by Gasteiger charge is -2.37. The molecule has 2 aromatic carbocycles. The topological polar surface area (TPSA) is 107 Å². The van der Waals surface area contributed by atoms with E-state index in [-0.39, 0.29) is 6.09 Å². The maximum absolute atomic E-state index is 13.4. The van der Waals surface area contributed by atoms with E-state index in [0.717, 1.165) is 34.1 Å². The van der Waals surface area contributed by atoms with Crippen LogP contribution in [0.5, 0.6) is 5.75 Å². The summed E-state index contributed by atoms with van der Waals surface area (Å²) in [4.78, 5) is 20.4. The first kappa shape index (κ1) is 30.6. The molecule has 5 rings (SSSR count). The molecule has 3 N–H and O–H groups in total. The number of amides is 1. The van der Waals surface area contributed by atoms with Gasteiger partial charge < -0.3 is 29.4 Å². The number of fused-ring (bicyclic) bond motifs is 3. The molecular formula is C32H42ClN3O6. The third-order valence-electron chi connectivity index (χ3n) is 7.58. The van der Waals surface area contributed by atoms with Crippen LogP contribution in [0.15, 0.2) is 42.5 Å². The second-order valence-electron chi connectivity index (χ2n) is 13.1. The standard InChI is InChI=1S/C32H42ClN3O6/c1-31(2,3)41-29(38)35-16-7-8-25(35)28(37)40-21-12-9-19(10-13-21)27-26-22(23-18-20(33)11-14-24(23)34-26)15-17-36(27)30(39)42-32(4,5)6/h9-14,18,25,27-29,34,37-38H,7-8,15-17H2,1-6H3. The van der Waals surface area contributed by atoms with E-state index in [4.69, 9.17) is 25.8 Å². The van der Waals surface area contributed by atoms with Gasteiger partial charge in [0.25, 0.3) is 0 Å². The molecule has 3 heterocycles. The lowest BCUT2D eigenvalue weighted by Crippen LogP contribution is -2.50. The summed E-state index contributed by atoms with van der Waals surface area (Å²) in [7, 11) is 0. The zero-order valence-corrected chi connectivity index (χ0v) is 25.9.